The Labute approximate surface area is 123 Å². The molecule has 0 N–H and O–H groups in total. The Hall–Kier alpha value is -1.02. The van der Waals surface area contributed by atoms with Crippen LogP contribution in [0.25, 0.3) is 0 Å². The van der Waals surface area contributed by atoms with E-state index >= 15 is 0 Å². The van der Waals surface area contributed by atoms with Gasteiger partial charge in [0.2, 0.25) is 10.0 Å². The molecule has 1 aromatic rings. The number of sulfonamides is 1. The minimum atomic E-state index is -3.74. The first-order valence-electron chi connectivity index (χ1n) is 7.10. The zero-order valence-corrected chi connectivity index (χ0v) is 12.4. The van der Waals surface area contributed by atoms with Crippen molar-refractivity contribution in [2.75, 3.05) is 19.8 Å². The average Bonchev–Trinajstić information content (AvgIpc) is 3.01. The van der Waals surface area contributed by atoms with Crippen molar-refractivity contribution in [2.24, 2.45) is 0 Å². The highest BCUT2D eigenvalue weighted by Crippen LogP contribution is 2.29. The number of hydrogen-bond donors (Lipinski definition) is 0. The lowest BCUT2D eigenvalue weighted by atomic mass is 10.0. The Morgan fingerprint density at radius 1 is 1.19 bits per heavy atom. The lowest BCUT2D eigenvalue weighted by Crippen LogP contribution is -2.50. The van der Waals surface area contributed by atoms with Gasteiger partial charge in [0.15, 0.2) is 6.29 Å². The van der Waals surface area contributed by atoms with Gasteiger partial charge in [-0.25, -0.2) is 12.8 Å². The Kier molecular flexibility index (Phi) is 4.26. The summed E-state index contributed by atoms with van der Waals surface area (Å²) in [6, 6.07) is 4.77. The second-order valence-corrected chi connectivity index (χ2v) is 7.14. The van der Waals surface area contributed by atoms with E-state index in [0.29, 0.717) is 26.2 Å². The van der Waals surface area contributed by atoms with Crippen LogP contribution in [0.1, 0.15) is 19.3 Å². The van der Waals surface area contributed by atoms with E-state index in [1.54, 1.807) is 0 Å². The summed E-state index contributed by atoms with van der Waals surface area (Å²) < 4.78 is 51.2. The number of rotatable bonds is 3. The molecule has 0 aromatic heterocycles. The van der Waals surface area contributed by atoms with Crippen molar-refractivity contribution in [2.45, 2.75) is 36.5 Å². The van der Waals surface area contributed by atoms with Crippen LogP contribution in [0.4, 0.5) is 4.39 Å². The van der Waals surface area contributed by atoms with E-state index in [-0.39, 0.29) is 10.9 Å². The van der Waals surface area contributed by atoms with Gasteiger partial charge in [-0.2, -0.15) is 4.31 Å². The number of hydrogen-bond acceptors (Lipinski definition) is 4. The summed E-state index contributed by atoms with van der Waals surface area (Å²) in [4.78, 5) is -0.0209. The highest BCUT2D eigenvalue weighted by Gasteiger charge is 2.40. The Balaban J connectivity index is 1.91. The van der Waals surface area contributed by atoms with Crippen molar-refractivity contribution in [3.63, 3.8) is 0 Å². The molecule has 2 fully saturated rings. The van der Waals surface area contributed by atoms with Crippen molar-refractivity contribution in [3.8, 4) is 0 Å². The topological polar surface area (TPSA) is 55.8 Å². The van der Waals surface area contributed by atoms with Crippen LogP contribution in [-0.4, -0.2) is 44.8 Å². The zero-order chi connectivity index (χ0) is 14.9. The molecule has 0 radical (unpaired) electrons. The highest BCUT2D eigenvalue weighted by atomic mass is 32.2. The SMILES string of the molecule is O=S(=O)(c1cccc(F)c1)N1CCCC[C@@H]1C1OCCO1. The van der Waals surface area contributed by atoms with Gasteiger partial charge in [-0.3, -0.25) is 0 Å². The van der Waals surface area contributed by atoms with Crippen LogP contribution in [0.3, 0.4) is 0 Å². The fourth-order valence-corrected chi connectivity index (χ4v) is 4.58. The molecular weight excluding hydrogens is 297 g/mol. The van der Waals surface area contributed by atoms with Gasteiger partial charge in [0.25, 0.3) is 0 Å². The molecule has 0 saturated carbocycles. The first-order chi connectivity index (χ1) is 10.1. The monoisotopic (exact) mass is 315 g/mol. The Bertz CT molecular complexity index is 601. The summed E-state index contributed by atoms with van der Waals surface area (Å²) in [6.07, 6.45) is 1.90. The number of nitrogens with zero attached hydrogens (tertiary/aromatic N) is 1. The van der Waals surface area contributed by atoms with Gasteiger partial charge >= 0.3 is 0 Å². The van der Waals surface area contributed by atoms with Crippen molar-refractivity contribution < 1.29 is 22.3 Å². The van der Waals surface area contributed by atoms with E-state index in [4.69, 9.17) is 9.47 Å². The lowest BCUT2D eigenvalue weighted by molar-refractivity contribution is -0.0913. The Morgan fingerprint density at radius 2 is 1.95 bits per heavy atom. The fraction of sp³-hybridized carbons (Fsp3) is 0.571. The predicted molar refractivity (Wildman–Crippen MR) is 73.6 cm³/mol. The summed E-state index contributed by atoms with van der Waals surface area (Å²) in [6.45, 7) is 1.37. The molecule has 5 nitrogen and oxygen atoms in total. The molecule has 21 heavy (non-hydrogen) atoms. The third-order valence-corrected chi connectivity index (χ3v) is 5.78. The van der Waals surface area contributed by atoms with Crippen LogP contribution in [0.5, 0.6) is 0 Å². The first-order valence-corrected chi connectivity index (χ1v) is 8.54. The van der Waals surface area contributed by atoms with Gasteiger partial charge in [0.1, 0.15) is 5.82 Å². The van der Waals surface area contributed by atoms with Crippen molar-refractivity contribution in [3.05, 3.63) is 30.1 Å². The molecule has 1 aromatic carbocycles. The van der Waals surface area contributed by atoms with E-state index in [1.807, 2.05) is 0 Å². The Morgan fingerprint density at radius 3 is 2.67 bits per heavy atom. The molecule has 0 amide bonds. The van der Waals surface area contributed by atoms with Gasteiger partial charge in [0, 0.05) is 6.54 Å². The number of benzene rings is 1. The van der Waals surface area contributed by atoms with Crippen molar-refractivity contribution in [1.29, 1.82) is 0 Å². The number of piperidine rings is 1. The minimum Gasteiger partial charge on any atom is -0.349 e. The molecule has 0 aliphatic carbocycles. The second-order valence-electron chi connectivity index (χ2n) is 5.25. The van der Waals surface area contributed by atoms with Crippen LogP contribution in [0.2, 0.25) is 0 Å². The van der Waals surface area contributed by atoms with E-state index < -0.39 is 22.1 Å². The normalized spacial score (nSPS) is 25.3. The molecular formula is C14H18FNO4S. The third-order valence-electron chi connectivity index (χ3n) is 3.86. The summed E-state index contributed by atoms with van der Waals surface area (Å²) in [5, 5.41) is 0. The van der Waals surface area contributed by atoms with Gasteiger partial charge in [0.05, 0.1) is 24.2 Å². The standard InChI is InChI=1S/C14H18FNO4S/c15-11-4-3-5-12(10-11)21(17,18)16-7-2-1-6-13(16)14-19-8-9-20-14/h3-5,10,13-14H,1-2,6-9H2/t13-/m1/s1. The summed E-state index contributed by atoms with van der Waals surface area (Å²) >= 11 is 0. The average molecular weight is 315 g/mol. The van der Waals surface area contributed by atoms with Crippen LogP contribution >= 0.6 is 0 Å². The predicted octanol–water partition coefficient (Wildman–Crippen LogP) is 1.74. The van der Waals surface area contributed by atoms with Crippen molar-refractivity contribution >= 4 is 10.0 Å². The molecule has 116 valence electrons. The fourth-order valence-electron chi connectivity index (χ4n) is 2.86. The van der Waals surface area contributed by atoms with Gasteiger partial charge in [-0.1, -0.05) is 12.5 Å². The van der Waals surface area contributed by atoms with E-state index in [2.05, 4.69) is 0 Å². The maximum Gasteiger partial charge on any atom is 0.243 e. The van der Waals surface area contributed by atoms with E-state index in [1.165, 1.54) is 22.5 Å². The summed E-state index contributed by atoms with van der Waals surface area (Å²) in [7, 11) is -3.74. The largest absolute Gasteiger partial charge is 0.349 e. The second kappa shape index (κ2) is 6.00. The molecule has 0 unspecified atom stereocenters. The molecule has 2 heterocycles. The molecule has 0 spiro atoms. The zero-order valence-electron chi connectivity index (χ0n) is 11.6. The molecule has 3 rings (SSSR count). The van der Waals surface area contributed by atoms with E-state index in [0.717, 1.165) is 18.9 Å². The molecule has 2 aliphatic heterocycles. The molecule has 0 bridgehead atoms. The maximum atomic E-state index is 13.3. The molecule has 1 atom stereocenters. The van der Waals surface area contributed by atoms with Crippen LogP contribution in [-0.2, 0) is 19.5 Å². The highest BCUT2D eigenvalue weighted by molar-refractivity contribution is 7.89. The first kappa shape index (κ1) is 14.9. The van der Waals surface area contributed by atoms with Crippen molar-refractivity contribution in [1.82, 2.24) is 4.31 Å². The van der Waals surface area contributed by atoms with Crippen LogP contribution in [0, 0.1) is 5.82 Å². The lowest BCUT2D eigenvalue weighted by Gasteiger charge is -2.36. The van der Waals surface area contributed by atoms with Crippen LogP contribution in [0.15, 0.2) is 29.2 Å². The van der Waals surface area contributed by atoms with Gasteiger partial charge in [-0.15, -0.1) is 0 Å². The molecule has 2 aliphatic rings. The summed E-state index contributed by atoms with van der Waals surface area (Å²) in [5.41, 5.74) is 0. The smallest absolute Gasteiger partial charge is 0.243 e. The maximum absolute atomic E-state index is 13.3. The third kappa shape index (κ3) is 2.96. The van der Waals surface area contributed by atoms with Gasteiger partial charge in [-0.05, 0) is 31.0 Å². The van der Waals surface area contributed by atoms with E-state index in [9.17, 15) is 12.8 Å². The van der Waals surface area contributed by atoms with Gasteiger partial charge < -0.3 is 9.47 Å². The quantitative estimate of drug-likeness (QED) is 0.852. The van der Waals surface area contributed by atoms with Crippen LogP contribution < -0.4 is 0 Å². The number of halogens is 1. The molecule has 7 heteroatoms. The number of ether oxygens (including phenoxy) is 2. The molecule has 2 saturated heterocycles. The summed E-state index contributed by atoms with van der Waals surface area (Å²) in [5.74, 6) is -0.557. The minimum absolute atomic E-state index is 0.0209.